The van der Waals surface area contributed by atoms with Crippen LogP contribution < -0.4 is 0 Å². The molecule has 2 rings (SSSR count). The molecule has 0 aliphatic carbocycles. The fourth-order valence-corrected chi connectivity index (χ4v) is 4.91. The predicted molar refractivity (Wildman–Crippen MR) is 95.4 cm³/mol. The van der Waals surface area contributed by atoms with E-state index in [4.69, 9.17) is 4.74 Å². The van der Waals surface area contributed by atoms with Gasteiger partial charge in [-0.15, -0.1) is 0 Å². The molecule has 1 aliphatic heterocycles. The normalized spacial score (nSPS) is 19.1. The van der Waals surface area contributed by atoms with Crippen LogP contribution in [-0.4, -0.2) is 52.9 Å². The van der Waals surface area contributed by atoms with Crippen molar-refractivity contribution >= 4 is 15.9 Å². The van der Waals surface area contributed by atoms with Gasteiger partial charge in [-0.25, -0.2) is 17.6 Å². The Morgan fingerprint density at radius 2 is 1.66 bits per heavy atom. The van der Waals surface area contributed by atoms with Gasteiger partial charge < -0.3 is 9.64 Å². The number of carbonyl (C=O) groups is 1. The van der Waals surface area contributed by atoms with Crippen LogP contribution in [-0.2, 0) is 27.8 Å². The molecule has 7 nitrogen and oxygen atoms in total. The highest BCUT2D eigenvalue weighted by Crippen LogP contribution is 2.40. The maximum absolute atomic E-state index is 15.5. The lowest BCUT2D eigenvalue weighted by atomic mass is 9.92. The van der Waals surface area contributed by atoms with Gasteiger partial charge in [-0.2, -0.15) is 18.3 Å². The molecule has 2 heterocycles. The zero-order valence-corrected chi connectivity index (χ0v) is 17.7. The Morgan fingerprint density at radius 3 is 2.07 bits per heavy atom. The molecule has 1 aromatic heterocycles. The minimum atomic E-state index is -4.85. The second kappa shape index (κ2) is 7.44. The molecule has 0 spiro atoms. The van der Waals surface area contributed by atoms with Crippen molar-refractivity contribution in [3.8, 4) is 0 Å². The first kappa shape index (κ1) is 23.4. The second-order valence-corrected chi connectivity index (χ2v) is 10.4. The molecule has 0 radical (unpaired) electrons. The third kappa shape index (κ3) is 4.84. The van der Waals surface area contributed by atoms with E-state index in [0.717, 1.165) is 14.0 Å². The van der Waals surface area contributed by atoms with Gasteiger partial charge in [-0.3, -0.25) is 4.68 Å². The third-order valence-corrected chi connectivity index (χ3v) is 7.12. The molecule has 0 unspecified atom stereocenters. The van der Waals surface area contributed by atoms with Crippen molar-refractivity contribution in [3.63, 3.8) is 0 Å². The molecule has 0 N–H and O–H groups in total. The van der Waals surface area contributed by atoms with E-state index >= 15 is 4.39 Å². The Labute approximate surface area is 166 Å². The topological polar surface area (TPSA) is 81.5 Å². The van der Waals surface area contributed by atoms with Crippen LogP contribution >= 0.6 is 0 Å². The summed E-state index contributed by atoms with van der Waals surface area (Å²) in [6, 6.07) is 0.336. The number of aromatic nitrogens is 2. The number of sulfone groups is 1. The Kier molecular flexibility index (Phi) is 6.01. The molecule has 1 atom stereocenters. The van der Waals surface area contributed by atoms with Crippen LogP contribution in [0.1, 0.15) is 46.2 Å². The van der Waals surface area contributed by atoms with E-state index in [2.05, 4.69) is 5.10 Å². The Bertz CT molecular complexity index is 864. The lowest BCUT2D eigenvalue weighted by molar-refractivity contribution is -0.141. The number of hydrogen-bond donors (Lipinski definition) is 0. The minimum absolute atomic E-state index is 0.0233. The number of likely N-dealkylation sites (tertiary alicyclic amines) is 1. The molecule has 0 saturated carbocycles. The number of alkyl halides is 4. The first-order valence-corrected chi connectivity index (χ1v) is 10.5. The summed E-state index contributed by atoms with van der Waals surface area (Å²) in [4.78, 5) is 13.5. The van der Waals surface area contributed by atoms with Crippen molar-refractivity contribution < 1.29 is 35.5 Å². The summed E-state index contributed by atoms with van der Waals surface area (Å²) in [7, 11) is -3.76. The first-order chi connectivity index (χ1) is 13.0. The SMILES string of the molecule is Cn1nc(C(F)(F)F)cc1S(=O)(=O)[C@](C)(F)C1CCN(C(=O)OC(C)(C)C)CC1. The highest BCUT2D eigenvalue weighted by molar-refractivity contribution is 7.92. The third-order valence-electron chi connectivity index (χ3n) is 4.80. The van der Waals surface area contributed by atoms with Gasteiger partial charge >= 0.3 is 12.3 Å². The van der Waals surface area contributed by atoms with Gasteiger partial charge in [0.25, 0.3) is 0 Å². The van der Waals surface area contributed by atoms with Gasteiger partial charge in [0.2, 0.25) is 14.8 Å². The second-order valence-electron chi connectivity index (χ2n) is 8.22. The van der Waals surface area contributed by atoms with Crippen LogP contribution in [0.15, 0.2) is 11.1 Å². The standard InChI is InChI=1S/C17H25F4N3O4S/c1-15(2,3)28-14(25)24-8-6-11(7-9-24)16(4,18)29(26,27)13-10-12(17(19,20)21)22-23(13)5/h10-11H,6-9H2,1-5H3/t16-/m0/s1. The summed E-state index contributed by atoms with van der Waals surface area (Å²) in [5, 5.41) is -0.520. The summed E-state index contributed by atoms with van der Waals surface area (Å²) in [5.74, 6) is -1.00. The summed E-state index contributed by atoms with van der Waals surface area (Å²) < 4.78 is 85.4. The zero-order valence-electron chi connectivity index (χ0n) is 16.9. The van der Waals surface area contributed by atoms with Crippen LogP contribution in [0.5, 0.6) is 0 Å². The summed E-state index contributed by atoms with van der Waals surface area (Å²) in [6.45, 7) is 6.10. The molecule has 1 amide bonds. The van der Waals surface area contributed by atoms with Crippen molar-refractivity contribution in [2.45, 2.75) is 62.3 Å². The Hall–Kier alpha value is -1.85. The van der Waals surface area contributed by atoms with E-state index in [-0.39, 0.29) is 25.9 Å². The minimum Gasteiger partial charge on any atom is -0.444 e. The molecular formula is C17H25F4N3O4S. The molecule has 1 saturated heterocycles. The number of amides is 1. The van der Waals surface area contributed by atoms with Crippen LogP contribution in [0.3, 0.4) is 0 Å². The summed E-state index contributed by atoms with van der Waals surface area (Å²) >= 11 is 0. The van der Waals surface area contributed by atoms with Gasteiger partial charge in [0.05, 0.1) is 0 Å². The van der Waals surface area contributed by atoms with Crippen LogP contribution in [0.4, 0.5) is 22.4 Å². The van der Waals surface area contributed by atoms with E-state index in [1.807, 2.05) is 0 Å². The number of aryl methyl sites for hydroxylation is 1. The van der Waals surface area contributed by atoms with E-state index < -0.39 is 49.3 Å². The molecular weight excluding hydrogens is 418 g/mol. The molecule has 1 fully saturated rings. The van der Waals surface area contributed by atoms with E-state index in [0.29, 0.717) is 10.7 Å². The van der Waals surface area contributed by atoms with Crippen molar-refractivity contribution in [2.75, 3.05) is 13.1 Å². The number of halogens is 4. The van der Waals surface area contributed by atoms with E-state index in [1.165, 1.54) is 4.90 Å². The van der Waals surface area contributed by atoms with Gasteiger partial charge in [0.1, 0.15) is 5.60 Å². The number of ether oxygens (including phenoxy) is 1. The monoisotopic (exact) mass is 443 g/mol. The molecule has 166 valence electrons. The van der Waals surface area contributed by atoms with Gasteiger partial charge in [0, 0.05) is 32.1 Å². The Balaban J connectivity index is 2.19. The molecule has 0 aromatic carbocycles. The zero-order chi connectivity index (χ0) is 22.4. The number of hydrogen-bond acceptors (Lipinski definition) is 5. The van der Waals surface area contributed by atoms with Crippen molar-refractivity contribution in [1.29, 1.82) is 0 Å². The maximum Gasteiger partial charge on any atom is 0.435 e. The van der Waals surface area contributed by atoms with Gasteiger partial charge in [-0.1, -0.05) is 0 Å². The number of carbonyl (C=O) groups excluding carboxylic acids is 1. The van der Waals surface area contributed by atoms with E-state index in [9.17, 15) is 26.4 Å². The molecule has 0 bridgehead atoms. The number of rotatable bonds is 3. The number of piperidine rings is 1. The lowest BCUT2D eigenvalue weighted by Crippen LogP contribution is -2.48. The largest absolute Gasteiger partial charge is 0.444 e. The number of nitrogens with zero attached hydrogens (tertiary/aromatic N) is 3. The van der Waals surface area contributed by atoms with Crippen LogP contribution in [0.25, 0.3) is 0 Å². The molecule has 1 aliphatic rings. The average Bonchev–Trinajstić information content (AvgIpc) is 2.96. The van der Waals surface area contributed by atoms with Gasteiger partial charge in [0.15, 0.2) is 10.7 Å². The smallest absolute Gasteiger partial charge is 0.435 e. The first-order valence-electron chi connectivity index (χ1n) is 8.99. The molecule has 12 heteroatoms. The molecule has 1 aromatic rings. The van der Waals surface area contributed by atoms with Crippen molar-refractivity contribution in [2.24, 2.45) is 13.0 Å². The summed E-state index contributed by atoms with van der Waals surface area (Å²) in [5.41, 5.74) is -2.11. The average molecular weight is 443 g/mol. The van der Waals surface area contributed by atoms with E-state index in [1.54, 1.807) is 20.8 Å². The van der Waals surface area contributed by atoms with Crippen molar-refractivity contribution in [3.05, 3.63) is 11.8 Å². The maximum atomic E-state index is 15.5. The fourth-order valence-electron chi connectivity index (χ4n) is 3.17. The highest BCUT2D eigenvalue weighted by atomic mass is 32.2. The van der Waals surface area contributed by atoms with Crippen LogP contribution in [0.2, 0.25) is 0 Å². The fraction of sp³-hybridized carbons (Fsp3) is 0.765. The predicted octanol–water partition coefficient (Wildman–Crippen LogP) is 3.55. The lowest BCUT2D eigenvalue weighted by Gasteiger charge is -2.37. The van der Waals surface area contributed by atoms with Crippen LogP contribution in [0, 0.1) is 5.92 Å². The highest BCUT2D eigenvalue weighted by Gasteiger charge is 2.51. The Morgan fingerprint density at radius 1 is 1.14 bits per heavy atom. The summed E-state index contributed by atoms with van der Waals surface area (Å²) in [6.07, 6.45) is -5.39. The van der Waals surface area contributed by atoms with Crippen molar-refractivity contribution in [1.82, 2.24) is 14.7 Å². The quantitative estimate of drug-likeness (QED) is 0.668. The van der Waals surface area contributed by atoms with Gasteiger partial charge in [-0.05, 0) is 40.5 Å². The molecule has 29 heavy (non-hydrogen) atoms.